The van der Waals surface area contributed by atoms with Crippen molar-refractivity contribution in [3.8, 4) is 0 Å². The molecule has 3 rings (SSSR count). The SMILES string of the molecule is CN1CCN(C2CCNCc3ccccc32)CC1=O. The van der Waals surface area contributed by atoms with Gasteiger partial charge >= 0.3 is 0 Å². The Bertz CT molecular complexity index is 474. The number of piperazine rings is 1. The highest BCUT2D eigenvalue weighted by Crippen LogP contribution is 2.29. The second-order valence-corrected chi connectivity index (χ2v) is 5.47. The monoisotopic (exact) mass is 259 g/mol. The first-order valence-corrected chi connectivity index (χ1v) is 7.02. The Labute approximate surface area is 114 Å². The zero-order valence-electron chi connectivity index (χ0n) is 11.4. The summed E-state index contributed by atoms with van der Waals surface area (Å²) in [6.07, 6.45) is 1.08. The normalized spacial score (nSPS) is 25.0. The van der Waals surface area contributed by atoms with Crippen LogP contribution >= 0.6 is 0 Å². The average molecular weight is 259 g/mol. The lowest BCUT2D eigenvalue weighted by Crippen LogP contribution is -2.49. The molecule has 0 aromatic heterocycles. The molecule has 0 spiro atoms. The Balaban J connectivity index is 1.86. The molecule has 1 aromatic rings. The van der Waals surface area contributed by atoms with E-state index in [2.05, 4.69) is 34.5 Å². The van der Waals surface area contributed by atoms with Crippen LogP contribution in [0.2, 0.25) is 0 Å². The number of hydrogen-bond donors (Lipinski definition) is 1. The van der Waals surface area contributed by atoms with Crippen LogP contribution in [0.4, 0.5) is 0 Å². The minimum absolute atomic E-state index is 0.237. The minimum atomic E-state index is 0.237. The number of likely N-dealkylation sites (N-methyl/N-ethyl adjacent to an activating group) is 1. The van der Waals surface area contributed by atoms with E-state index < -0.39 is 0 Å². The van der Waals surface area contributed by atoms with E-state index in [0.29, 0.717) is 12.6 Å². The molecule has 1 N–H and O–H groups in total. The van der Waals surface area contributed by atoms with Crippen molar-refractivity contribution in [1.29, 1.82) is 0 Å². The lowest BCUT2D eigenvalue weighted by molar-refractivity contribution is -0.135. The van der Waals surface area contributed by atoms with E-state index in [9.17, 15) is 4.79 Å². The average Bonchev–Trinajstić information content (AvgIpc) is 2.64. The van der Waals surface area contributed by atoms with Gasteiger partial charge in [0.15, 0.2) is 0 Å². The first-order chi connectivity index (χ1) is 9.25. The third kappa shape index (κ3) is 2.51. The van der Waals surface area contributed by atoms with Gasteiger partial charge in [0.1, 0.15) is 0 Å². The molecule has 1 unspecified atom stereocenters. The zero-order chi connectivity index (χ0) is 13.2. The Morgan fingerprint density at radius 1 is 1.26 bits per heavy atom. The number of nitrogens with one attached hydrogen (secondary N) is 1. The summed E-state index contributed by atoms with van der Waals surface area (Å²) in [5.41, 5.74) is 2.77. The number of fused-ring (bicyclic) bond motifs is 1. The van der Waals surface area contributed by atoms with Crippen molar-refractivity contribution in [1.82, 2.24) is 15.1 Å². The van der Waals surface area contributed by atoms with Crippen LogP contribution in [0.15, 0.2) is 24.3 Å². The van der Waals surface area contributed by atoms with Crippen LogP contribution in [0.5, 0.6) is 0 Å². The van der Waals surface area contributed by atoms with Crippen LogP contribution in [0.3, 0.4) is 0 Å². The van der Waals surface area contributed by atoms with Gasteiger partial charge in [0.05, 0.1) is 6.54 Å². The topological polar surface area (TPSA) is 35.6 Å². The van der Waals surface area contributed by atoms with Crippen LogP contribution in [0.1, 0.15) is 23.6 Å². The summed E-state index contributed by atoms with van der Waals surface area (Å²) in [6.45, 7) is 4.32. The summed E-state index contributed by atoms with van der Waals surface area (Å²) in [4.78, 5) is 16.1. The van der Waals surface area contributed by atoms with E-state index in [0.717, 1.165) is 32.6 Å². The van der Waals surface area contributed by atoms with Crippen LogP contribution in [0, 0.1) is 0 Å². The van der Waals surface area contributed by atoms with Gasteiger partial charge in [0.2, 0.25) is 5.91 Å². The van der Waals surface area contributed by atoms with Gasteiger partial charge in [0, 0.05) is 32.7 Å². The maximum absolute atomic E-state index is 11.9. The largest absolute Gasteiger partial charge is 0.343 e. The fourth-order valence-electron chi connectivity index (χ4n) is 3.06. The highest BCUT2D eigenvalue weighted by Gasteiger charge is 2.29. The highest BCUT2D eigenvalue weighted by atomic mass is 16.2. The second kappa shape index (κ2) is 5.31. The van der Waals surface area contributed by atoms with E-state index in [4.69, 9.17) is 0 Å². The molecule has 0 radical (unpaired) electrons. The van der Waals surface area contributed by atoms with Crippen LogP contribution in [-0.4, -0.2) is 48.9 Å². The fourth-order valence-corrected chi connectivity index (χ4v) is 3.06. The number of rotatable bonds is 1. The smallest absolute Gasteiger partial charge is 0.236 e. The number of amides is 1. The van der Waals surface area contributed by atoms with Gasteiger partial charge in [-0.25, -0.2) is 0 Å². The fraction of sp³-hybridized carbons (Fsp3) is 0.533. The lowest BCUT2D eigenvalue weighted by Gasteiger charge is -2.37. The molecule has 2 aliphatic heterocycles. The molecule has 1 amide bonds. The van der Waals surface area contributed by atoms with Gasteiger partial charge in [-0.1, -0.05) is 24.3 Å². The summed E-state index contributed by atoms with van der Waals surface area (Å²) in [7, 11) is 1.89. The highest BCUT2D eigenvalue weighted by molar-refractivity contribution is 5.78. The van der Waals surface area contributed by atoms with E-state index in [1.165, 1.54) is 11.1 Å². The Kier molecular flexibility index (Phi) is 3.53. The maximum atomic E-state index is 11.9. The third-order valence-corrected chi connectivity index (χ3v) is 4.25. The summed E-state index contributed by atoms with van der Waals surface area (Å²) in [6, 6.07) is 8.99. The van der Waals surface area contributed by atoms with Gasteiger partial charge in [-0.05, 0) is 24.1 Å². The quantitative estimate of drug-likeness (QED) is 0.817. The van der Waals surface area contributed by atoms with Crippen molar-refractivity contribution in [3.63, 3.8) is 0 Å². The van der Waals surface area contributed by atoms with Gasteiger partial charge in [0.25, 0.3) is 0 Å². The maximum Gasteiger partial charge on any atom is 0.236 e. The third-order valence-electron chi connectivity index (χ3n) is 4.25. The first-order valence-electron chi connectivity index (χ1n) is 7.02. The van der Waals surface area contributed by atoms with Crippen LogP contribution in [-0.2, 0) is 11.3 Å². The Morgan fingerprint density at radius 3 is 2.95 bits per heavy atom. The molecule has 2 aliphatic rings. The van der Waals surface area contributed by atoms with Crippen LogP contribution in [0.25, 0.3) is 0 Å². The Hall–Kier alpha value is -1.39. The Morgan fingerprint density at radius 2 is 2.11 bits per heavy atom. The summed E-state index contributed by atoms with van der Waals surface area (Å²) < 4.78 is 0. The summed E-state index contributed by atoms with van der Waals surface area (Å²) >= 11 is 0. The molecule has 4 nitrogen and oxygen atoms in total. The van der Waals surface area contributed by atoms with E-state index in [1.807, 2.05) is 11.9 Å². The number of carbonyl (C=O) groups excluding carboxylic acids is 1. The van der Waals surface area contributed by atoms with Gasteiger partial charge in [-0.15, -0.1) is 0 Å². The number of benzene rings is 1. The summed E-state index contributed by atoms with van der Waals surface area (Å²) in [5.74, 6) is 0.237. The molecule has 2 heterocycles. The van der Waals surface area contributed by atoms with Crippen molar-refractivity contribution in [2.45, 2.75) is 19.0 Å². The molecular weight excluding hydrogens is 238 g/mol. The standard InChI is InChI=1S/C15H21N3O/c1-17-8-9-18(11-15(17)19)14-6-7-16-10-12-4-2-3-5-13(12)14/h2-5,14,16H,6-11H2,1H3. The van der Waals surface area contributed by atoms with E-state index in [1.54, 1.807) is 0 Å². The molecule has 1 fully saturated rings. The van der Waals surface area contributed by atoms with E-state index in [-0.39, 0.29) is 5.91 Å². The van der Waals surface area contributed by atoms with Crippen molar-refractivity contribution in [3.05, 3.63) is 35.4 Å². The van der Waals surface area contributed by atoms with Crippen molar-refractivity contribution in [2.75, 3.05) is 33.2 Å². The first kappa shape index (κ1) is 12.6. The number of nitrogens with zero attached hydrogens (tertiary/aromatic N) is 2. The molecule has 4 heteroatoms. The van der Waals surface area contributed by atoms with Crippen molar-refractivity contribution < 1.29 is 4.79 Å². The predicted octanol–water partition coefficient (Wildman–Crippen LogP) is 0.995. The minimum Gasteiger partial charge on any atom is -0.343 e. The molecule has 19 heavy (non-hydrogen) atoms. The number of carbonyl (C=O) groups is 1. The van der Waals surface area contributed by atoms with E-state index >= 15 is 0 Å². The van der Waals surface area contributed by atoms with Crippen LogP contribution < -0.4 is 5.32 Å². The van der Waals surface area contributed by atoms with Gasteiger partial charge in [-0.3, -0.25) is 9.69 Å². The zero-order valence-corrected chi connectivity index (χ0v) is 11.4. The second-order valence-electron chi connectivity index (χ2n) is 5.47. The molecule has 1 aromatic carbocycles. The van der Waals surface area contributed by atoms with Crippen molar-refractivity contribution >= 4 is 5.91 Å². The molecular formula is C15H21N3O. The molecule has 102 valence electrons. The van der Waals surface area contributed by atoms with Crippen molar-refractivity contribution in [2.24, 2.45) is 0 Å². The molecule has 1 atom stereocenters. The molecule has 1 saturated heterocycles. The van der Waals surface area contributed by atoms with Gasteiger partial charge < -0.3 is 10.2 Å². The molecule has 0 bridgehead atoms. The molecule has 0 saturated carbocycles. The van der Waals surface area contributed by atoms with Gasteiger partial charge in [-0.2, -0.15) is 0 Å². The summed E-state index contributed by atoms with van der Waals surface area (Å²) in [5, 5.41) is 3.47. The molecule has 0 aliphatic carbocycles. The lowest BCUT2D eigenvalue weighted by atomic mass is 9.97. The number of hydrogen-bond acceptors (Lipinski definition) is 3. The predicted molar refractivity (Wildman–Crippen MR) is 74.7 cm³/mol.